The Hall–Kier alpha value is -1.43. The first-order chi connectivity index (χ1) is 11.4. The Bertz CT molecular complexity index is 579. The summed E-state index contributed by atoms with van der Waals surface area (Å²) in [5.74, 6) is -0.345. The maximum atomic E-state index is 12.5. The number of piperidine rings is 1. The van der Waals surface area contributed by atoms with Gasteiger partial charge in [0.25, 0.3) is 0 Å². The van der Waals surface area contributed by atoms with E-state index in [-0.39, 0.29) is 17.1 Å². The highest BCUT2D eigenvalue weighted by atomic mass is 16.7. The minimum Gasteiger partial charge on any atom is -0.347 e. The zero-order valence-electron chi connectivity index (χ0n) is 14.9. The third-order valence-electron chi connectivity index (χ3n) is 4.81. The van der Waals surface area contributed by atoms with Gasteiger partial charge in [-0.1, -0.05) is 39.0 Å². The van der Waals surface area contributed by atoms with Crippen molar-refractivity contribution in [3.63, 3.8) is 0 Å². The van der Waals surface area contributed by atoms with Gasteiger partial charge < -0.3 is 14.8 Å². The van der Waals surface area contributed by atoms with E-state index in [9.17, 15) is 4.79 Å². The molecule has 5 nitrogen and oxygen atoms in total. The number of ether oxygens (including phenoxy) is 2. The zero-order chi connectivity index (χ0) is 17.2. The summed E-state index contributed by atoms with van der Waals surface area (Å²) in [6.07, 6.45) is 1.66. The number of nitrogens with one attached hydrogen (secondary N) is 1. The van der Waals surface area contributed by atoms with Gasteiger partial charge in [0.15, 0.2) is 5.79 Å². The minimum atomic E-state index is -0.383. The molecular formula is C19H28N2O3. The highest BCUT2D eigenvalue weighted by molar-refractivity contribution is 5.93. The third kappa shape index (κ3) is 3.97. The van der Waals surface area contributed by atoms with E-state index in [0.717, 1.165) is 37.2 Å². The molecule has 1 amide bonds. The maximum absolute atomic E-state index is 12.5. The van der Waals surface area contributed by atoms with Crippen LogP contribution in [-0.2, 0) is 19.7 Å². The van der Waals surface area contributed by atoms with Gasteiger partial charge in [-0.3, -0.25) is 9.69 Å². The molecule has 0 radical (unpaired) electrons. The second kappa shape index (κ2) is 6.82. The predicted octanol–water partition coefficient (Wildman–Crippen LogP) is 2.76. The van der Waals surface area contributed by atoms with E-state index in [0.29, 0.717) is 19.8 Å². The Kier molecular flexibility index (Phi) is 4.95. The smallest absolute Gasteiger partial charge is 0.238 e. The molecule has 1 spiro atoms. The monoisotopic (exact) mass is 332 g/mol. The standard InChI is InChI=1S/C19H28N2O3/c1-18(2,3)15-6-4-5-7-16(15)20-17(22)14-21-10-8-19(9-11-21)23-12-13-24-19/h4-7H,8-14H2,1-3H3,(H,20,22). The van der Waals surface area contributed by atoms with Crippen LogP contribution in [0.25, 0.3) is 0 Å². The number of amides is 1. The number of rotatable bonds is 3. The van der Waals surface area contributed by atoms with E-state index < -0.39 is 0 Å². The molecule has 2 fully saturated rings. The van der Waals surface area contributed by atoms with Crippen molar-refractivity contribution in [2.24, 2.45) is 0 Å². The van der Waals surface area contributed by atoms with Crippen molar-refractivity contribution in [2.45, 2.75) is 44.8 Å². The highest BCUT2D eigenvalue weighted by Gasteiger charge is 2.39. The second-order valence-electron chi connectivity index (χ2n) is 7.73. The van der Waals surface area contributed by atoms with E-state index >= 15 is 0 Å². The molecule has 0 atom stereocenters. The molecule has 132 valence electrons. The summed E-state index contributed by atoms with van der Waals surface area (Å²) in [6, 6.07) is 8.03. The van der Waals surface area contributed by atoms with Crippen molar-refractivity contribution >= 4 is 11.6 Å². The number of para-hydroxylation sites is 1. The van der Waals surface area contributed by atoms with Crippen LogP contribution in [0.3, 0.4) is 0 Å². The van der Waals surface area contributed by atoms with Gasteiger partial charge in [0, 0.05) is 31.6 Å². The molecule has 2 aliphatic rings. The largest absolute Gasteiger partial charge is 0.347 e. The van der Waals surface area contributed by atoms with E-state index in [1.165, 1.54) is 0 Å². The lowest BCUT2D eigenvalue weighted by atomic mass is 9.86. The average molecular weight is 332 g/mol. The molecule has 1 N–H and O–H groups in total. The fraction of sp³-hybridized carbons (Fsp3) is 0.632. The lowest BCUT2D eigenvalue weighted by molar-refractivity contribution is -0.185. The number of carbonyl (C=O) groups excluding carboxylic acids is 1. The van der Waals surface area contributed by atoms with Crippen LogP contribution in [0.5, 0.6) is 0 Å². The Balaban J connectivity index is 1.55. The van der Waals surface area contributed by atoms with Crippen LogP contribution in [0, 0.1) is 0 Å². The van der Waals surface area contributed by atoms with Crippen molar-refractivity contribution in [2.75, 3.05) is 38.2 Å². The molecule has 1 aromatic rings. The minimum absolute atomic E-state index is 0.00146. The Morgan fingerprint density at radius 1 is 1.17 bits per heavy atom. The molecule has 0 aliphatic carbocycles. The van der Waals surface area contributed by atoms with E-state index in [1.807, 2.05) is 18.2 Å². The molecule has 3 rings (SSSR count). The van der Waals surface area contributed by atoms with Crippen molar-refractivity contribution in [1.29, 1.82) is 0 Å². The van der Waals surface area contributed by atoms with Crippen molar-refractivity contribution in [3.05, 3.63) is 29.8 Å². The Morgan fingerprint density at radius 3 is 2.42 bits per heavy atom. The number of benzene rings is 1. The van der Waals surface area contributed by atoms with Crippen molar-refractivity contribution < 1.29 is 14.3 Å². The normalized spacial score (nSPS) is 21.1. The molecule has 1 aromatic carbocycles. The molecule has 0 aromatic heterocycles. The van der Waals surface area contributed by atoms with Crippen LogP contribution in [-0.4, -0.2) is 49.4 Å². The third-order valence-corrected chi connectivity index (χ3v) is 4.81. The lowest BCUT2D eigenvalue weighted by Crippen LogP contribution is -2.47. The molecule has 2 heterocycles. The second-order valence-corrected chi connectivity index (χ2v) is 7.73. The van der Waals surface area contributed by atoms with E-state index in [2.05, 4.69) is 37.1 Å². The molecule has 0 unspecified atom stereocenters. The summed E-state index contributed by atoms with van der Waals surface area (Å²) in [5, 5.41) is 3.08. The van der Waals surface area contributed by atoms with Gasteiger partial charge in [-0.15, -0.1) is 0 Å². The zero-order valence-corrected chi connectivity index (χ0v) is 14.9. The maximum Gasteiger partial charge on any atom is 0.238 e. The fourth-order valence-electron chi connectivity index (χ4n) is 3.48. The molecule has 5 heteroatoms. The average Bonchev–Trinajstić information content (AvgIpc) is 2.98. The Labute approximate surface area is 144 Å². The van der Waals surface area contributed by atoms with Crippen LogP contribution < -0.4 is 5.32 Å². The number of anilines is 1. The van der Waals surface area contributed by atoms with Crippen molar-refractivity contribution in [3.8, 4) is 0 Å². The van der Waals surface area contributed by atoms with E-state index in [1.54, 1.807) is 0 Å². The first-order valence-corrected chi connectivity index (χ1v) is 8.78. The fourth-order valence-corrected chi connectivity index (χ4v) is 3.48. The molecular weight excluding hydrogens is 304 g/mol. The quantitative estimate of drug-likeness (QED) is 0.925. The van der Waals surface area contributed by atoms with Gasteiger partial charge >= 0.3 is 0 Å². The SMILES string of the molecule is CC(C)(C)c1ccccc1NC(=O)CN1CCC2(CC1)OCCO2. The van der Waals surface area contributed by atoms with Crippen LogP contribution >= 0.6 is 0 Å². The number of likely N-dealkylation sites (tertiary alicyclic amines) is 1. The topological polar surface area (TPSA) is 50.8 Å². The van der Waals surface area contributed by atoms with Crippen LogP contribution in [0.4, 0.5) is 5.69 Å². The summed E-state index contributed by atoms with van der Waals surface area (Å²) in [6.45, 7) is 9.91. The number of nitrogens with zero attached hydrogens (tertiary/aromatic N) is 1. The van der Waals surface area contributed by atoms with Gasteiger partial charge in [0.05, 0.1) is 19.8 Å². The Morgan fingerprint density at radius 2 is 1.79 bits per heavy atom. The first kappa shape index (κ1) is 17.4. The van der Waals surface area contributed by atoms with Gasteiger partial charge in [-0.05, 0) is 17.0 Å². The number of carbonyl (C=O) groups is 1. The van der Waals surface area contributed by atoms with E-state index in [4.69, 9.17) is 9.47 Å². The lowest BCUT2D eigenvalue weighted by Gasteiger charge is -2.37. The summed E-state index contributed by atoms with van der Waals surface area (Å²) in [7, 11) is 0. The van der Waals surface area contributed by atoms with Gasteiger partial charge in [0.2, 0.25) is 5.91 Å². The van der Waals surface area contributed by atoms with Crippen LogP contribution in [0.1, 0.15) is 39.2 Å². The highest BCUT2D eigenvalue weighted by Crippen LogP contribution is 2.31. The molecule has 0 saturated carbocycles. The summed E-state index contributed by atoms with van der Waals surface area (Å²) < 4.78 is 11.5. The molecule has 0 bridgehead atoms. The first-order valence-electron chi connectivity index (χ1n) is 8.78. The van der Waals surface area contributed by atoms with Gasteiger partial charge in [-0.25, -0.2) is 0 Å². The molecule has 24 heavy (non-hydrogen) atoms. The summed E-state index contributed by atoms with van der Waals surface area (Å²) in [5.41, 5.74) is 2.06. The molecule has 2 aliphatic heterocycles. The number of hydrogen-bond donors (Lipinski definition) is 1. The predicted molar refractivity (Wildman–Crippen MR) is 94.1 cm³/mol. The molecule has 2 saturated heterocycles. The summed E-state index contributed by atoms with van der Waals surface area (Å²) >= 11 is 0. The van der Waals surface area contributed by atoms with Crippen molar-refractivity contribution in [1.82, 2.24) is 4.90 Å². The van der Waals surface area contributed by atoms with Crippen LogP contribution in [0.2, 0.25) is 0 Å². The van der Waals surface area contributed by atoms with Crippen LogP contribution in [0.15, 0.2) is 24.3 Å². The number of hydrogen-bond acceptors (Lipinski definition) is 4. The van der Waals surface area contributed by atoms with Gasteiger partial charge in [0.1, 0.15) is 0 Å². The van der Waals surface area contributed by atoms with Gasteiger partial charge in [-0.2, -0.15) is 0 Å². The summed E-state index contributed by atoms with van der Waals surface area (Å²) in [4.78, 5) is 14.6.